The van der Waals surface area contributed by atoms with Crippen LogP contribution >= 0.6 is 11.8 Å². The molecule has 0 aliphatic heterocycles. The molecular formula is C24H34N2O4S. The molecule has 0 bridgehead atoms. The van der Waals surface area contributed by atoms with E-state index in [4.69, 9.17) is 4.74 Å². The van der Waals surface area contributed by atoms with Crippen LogP contribution in [0, 0.1) is 11.8 Å². The highest BCUT2D eigenvalue weighted by atomic mass is 32.2. The van der Waals surface area contributed by atoms with Crippen LogP contribution in [0.5, 0.6) is 0 Å². The minimum Gasteiger partial charge on any atom is -0.459 e. The third kappa shape index (κ3) is 9.25. The van der Waals surface area contributed by atoms with Gasteiger partial charge in [-0.1, -0.05) is 68.3 Å². The van der Waals surface area contributed by atoms with Crippen molar-refractivity contribution in [3.8, 4) is 0 Å². The van der Waals surface area contributed by atoms with Crippen molar-refractivity contribution in [2.45, 2.75) is 65.4 Å². The predicted molar refractivity (Wildman–Crippen MR) is 125 cm³/mol. The Morgan fingerprint density at radius 2 is 1.81 bits per heavy atom. The van der Waals surface area contributed by atoms with Crippen molar-refractivity contribution in [2.75, 3.05) is 12.3 Å². The van der Waals surface area contributed by atoms with E-state index in [-0.39, 0.29) is 17.6 Å². The summed E-state index contributed by atoms with van der Waals surface area (Å²) in [5, 5.41) is 5.52. The number of hydrazone groups is 1. The van der Waals surface area contributed by atoms with E-state index in [1.54, 1.807) is 46.0 Å². The van der Waals surface area contributed by atoms with Crippen LogP contribution in [0.15, 0.2) is 35.4 Å². The summed E-state index contributed by atoms with van der Waals surface area (Å²) in [5.74, 6) is -0.611. The first-order valence-electron chi connectivity index (χ1n) is 10.9. The zero-order valence-corrected chi connectivity index (χ0v) is 19.8. The molecule has 0 heterocycles. The fourth-order valence-electron chi connectivity index (χ4n) is 3.31. The molecule has 0 N–H and O–H groups in total. The Morgan fingerprint density at radius 3 is 2.42 bits per heavy atom. The zero-order chi connectivity index (χ0) is 22.9. The Balaban J connectivity index is 2.01. The maximum atomic E-state index is 13.0. The molecule has 1 aromatic rings. The Bertz CT molecular complexity index is 768. The monoisotopic (exact) mass is 446 g/mol. The lowest BCUT2D eigenvalue weighted by atomic mass is 9.90. The second kappa shape index (κ2) is 12.0. The van der Waals surface area contributed by atoms with Gasteiger partial charge in [-0.25, -0.2) is 5.01 Å². The van der Waals surface area contributed by atoms with E-state index < -0.39 is 17.5 Å². The quantitative estimate of drug-likeness (QED) is 0.321. The van der Waals surface area contributed by atoms with Gasteiger partial charge in [0.1, 0.15) is 12.1 Å². The van der Waals surface area contributed by atoms with E-state index in [9.17, 15) is 14.4 Å². The molecule has 1 aromatic carbocycles. The highest BCUT2D eigenvalue weighted by Crippen LogP contribution is 2.23. The lowest BCUT2D eigenvalue weighted by Crippen LogP contribution is -2.39. The summed E-state index contributed by atoms with van der Waals surface area (Å²) >= 11 is 1.10. The molecule has 1 amide bonds. The molecule has 2 rings (SSSR count). The van der Waals surface area contributed by atoms with Crippen LogP contribution in [0.2, 0.25) is 0 Å². The van der Waals surface area contributed by atoms with Gasteiger partial charge in [-0.05, 0) is 39.5 Å². The van der Waals surface area contributed by atoms with Crippen LogP contribution < -0.4 is 0 Å². The van der Waals surface area contributed by atoms with Gasteiger partial charge in [-0.15, -0.1) is 0 Å². The van der Waals surface area contributed by atoms with E-state index in [1.807, 2.05) is 18.2 Å². The van der Waals surface area contributed by atoms with Crippen LogP contribution in [-0.2, 0) is 14.3 Å². The summed E-state index contributed by atoms with van der Waals surface area (Å²) in [6.07, 6.45) is 7.45. The standard InChI is InChI=1S/C24H34N2O4S/c1-18(17-31-23(29)20-13-9-6-10-14-20)22(28)26(16-21(27)30-24(2,3)4)25-15-19-11-7-5-8-12-19/h6,9-10,13-15,18-19H,5,7-8,11-12,16-17H2,1-4H3/t18-/m1/s1. The molecule has 1 fully saturated rings. The molecule has 31 heavy (non-hydrogen) atoms. The second-order valence-electron chi connectivity index (χ2n) is 9.01. The summed E-state index contributed by atoms with van der Waals surface area (Å²) < 4.78 is 5.38. The van der Waals surface area contributed by atoms with E-state index in [1.165, 1.54) is 11.4 Å². The van der Waals surface area contributed by atoms with Crippen LogP contribution in [0.1, 0.15) is 70.2 Å². The van der Waals surface area contributed by atoms with Crippen molar-refractivity contribution in [1.29, 1.82) is 0 Å². The molecule has 0 saturated heterocycles. The molecule has 1 atom stereocenters. The van der Waals surface area contributed by atoms with Crippen molar-refractivity contribution in [1.82, 2.24) is 5.01 Å². The second-order valence-corrected chi connectivity index (χ2v) is 10.0. The molecule has 170 valence electrons. The van der Waals surface area contributed by atoms with Crippen LogP contribution in [0.3, 0.4) is 0 Å². The molecular weight excluding hydrogens is 412 g/mol. The predicted octanol–water partition coefficient (Wildman–Crippen LogP) is 4.93. The highest BCUT2D eigenvalue weighted by molar-refractivity contribution is 8.14. The normalized spacial score (nSPS) is 16.1. The first kappa shape index (κ1) is 25.1. The molecule has 7 heteroatoms. The lowest BCUT2D eigenvalue weighted by molar-refractivity contribution is -0.159. The van der Waals surface area contributed by atoms with Crippen molar-refractivity contribution in [2.24, 2.45) is 16.9 Å². The summed E-state index contributed by atoms with van der Waals surface area (Å²) in [7, 11) is 0. The molecule has 0 aromatic heterocycles. The number of nitrogens with zero attached hydrogens (tertiary/aromatic N) is 2. The van der Waals surface area contributed by atoms with E-state index >= 15 is 0 Å². The fourth-order valence-corrected chi connectivity index (χ4v) is 4.16. The number of esters is 1. The largest absolute Gasteiger partial charge is 0.459 e. The average molecular weight is 447 g/mol. The van der Waals surface area contributed by atoms with Gasteiger partial charge in [0.2, 0.25) is 11.0 Å². The average Bonchev–Trinajstić information content (AvgIpc) is 2.74. The number of thioether (sulfide) groups is 1. The van der Waals surface area contributed by atoms with Crippen LogP contribution in [0.25, 0.3) is 0 Å². The maximum absolute atomic E-state index is 13.0. The maximum Gasteiger partial charge on any atom is 0.328 e. The number of benzene rings is 1. The first-order chi connectivity index (χ1) is 14.7. The number of rotatable bonds is 8. The zero-order valence-electron chi connectivity index (χ0n) is 19.0. The molecule has 1 saturated carbocycles. The molecule has 0 unspecified atom stereocenters. The number of hydrogen-bond acceptors (Lipinski definition) is 6. The van der Waals surface area contributed by atoms with Gasteiger partial charge in [0.05, 0.1) is 0 Å². The Morgan fingerprint density at radius 1 is 1.16 bits per heavy atom. The minimum atomic E-state index is -0.636. The van der Waals surface area contributed by atoms with E-state index in [2.05, 4.69) is 5.10 Å². The highest BCUT2D eigenvalue weighted by Gasteiger charge is 2.26. The van der Waals surface area contributed by atoms with E-state index in [0.29, 0.717) is 17.2 Å². The smallest absolute Gasteiger partial charge is 0.328 e. The van der Waals surface area contributed by atoms with Gasteiger partial charge >= 0.3 is 5.97 Å². The number of ether oxygens (including phenoxy) is 1. The fraction of sp³-hybridized carbons (Fsp3) is 0.583. The Kier molecular flexibility index (Phi) is 9.75. The molecule has 1 aliphatic carbocycles. The molecule has 0 radical (unpaired) electrons. The summed E-state index contributed by atoms with van der Waals surface area (Å²) in [5.41, 5.74) is -0.0317. The van der Waals surface area contributed by atoms with Crippen molar-refractivity contribution in [3.63, 3.8) is 0 Å². The summed E-state index contributed by atoms with van der Waals surface area (Å²) in [4.78, 5) is 37.7. The third-order valence-electron chi connectivity index (χ3n) is 4.92. The first-order valence-corrected chi connectivity index (χ1v) is 11.9. The molecule has 1 aliphatic rings. The Hall–Kier alpha value is -2.15. The summed E-state index contributed by atoms with van der Waals surface area (Å²) in [6, 6.07) is 8.98. The van der Waals surface area contributed by atoms with E-state index in [0.717, 1.165) is 37.4 Å². The third-order valence-corrected chi connectivity index (χ3v) is 6.08. The number of amides is 1. The molecule has 0 spiro atoms. The number of carbonyl (C=O) groups is 3. The minimum absolute atomic E-state index is 0.0790. The van der Waals surface area contributed by atoms with Crippen LogP contribution in [0.4, 0.5) is 0 Å². The van der Waals surface area contributed by atoms with Gasteiger partial charge < -0.3 is 4.74 Å². The SMILES string of the molecule is C[C@H](CSC(=O)c1ccccc1)C(=O)N(CC(=O)OC(C)(C)C)N=CC1CCCCC1. The topological polar surface area (TPSA) is 76.0 Å². The van der Waals surface area contributed by atoms with Gasteiger partial charge in [-0.3, -0.25) is 14.4 Å². The molecule has 6 nitrogen and oxygen atoms in total. The summed E-state index contributed by atoms with van der Waals surface area (Å²) in [6.45, 7) is 6.89. The van der Waals surface area contributed by atoms with Gasteiger partial charge in [0.15, 0.2) is 0 Å². The van der Waals surface area contributed by atoms with Crippen molar-refractivity contribution in [3.05, 3.63) is 35.9 Å². The van der Waals surface area contributed by atoms with Gasteiger partial charge in [0, 0.05) is 23.4 Å². The Labute approximate surface area is 189 Å². The van der Waals surface area contributed by atoms with Crippen molar-refractivity contribution >= 4 is 35.0 Å². The number of carbonyl (C=O) groups excluding carboxylic acids is 3. The van der Waals surface area contributed by atoms with Gasteiger partial charge in [-0.2, -0.15) is 5.10 Å². The number of hydrogen-bond donors (Lipinski definition) is 0. The van der Waals surface area contributed by atoms with Crippen LogP contribution in [-0.4, -0.2) is 46.1 Å². The lowest BCUT2D eigenvalue weighted by Gasteiger charge is -2.25. The van der Waals surface area contributed by atoms with Gasteiger partial charge in [0.25, 0.3) is 0 Å². The van der Waals surface area contributed by atoms with Crippen molar-refractivity contribution < 1.29 is 19.1 Å².